The number of hydrogen-bond acceptors (Lipinski definition) is 6. The molecule has 0 aromatic carbocycles. The van der Waals surface area contributed by atoms with Gasteiger partial charge < -0.3 is 19.9 Å². The molecule has 1 aromatic heterocycles. The van der Waals surface area contributed by atoms with Crippen molar-refractivity contribution < 1.29 is 5.11 Å². The molecule has 1 aliphatic carbocycles. The zero-order valence-corrected chi connectivity index (χ0v) is 15.7. The average Bonchev–Trinajstić information content (AvgIpc) is 3.38. The summed E-state index contributed by atoms with van der Waals surface area (Å²) >= 11 is 0. The van der Waals surface area contributed by atoms with E-state index in [9.17, 15) is 15.2 Å². The highest BCUT2D eigenvalue weighted by atomic mass is 16.3. The number of β-amino-alcohol motifs (C(OH)–C–C–N with tert-alkyl or cyclic N) is 1. The molecule has 2 saturated heterocycles. The molecule has 3 heterocycles. The van der Waals surface area contributed by atoms with E-state index in [4.69, 9.17) is 0 Å². The minimum atomic E-state index is -0.349. The highest BCUT2D eigenvalue weighted by molar-refractivity contribution is 5.76. The number of hydrogen-bond donors (Lipinski definition) is 2. The van der Waals surface area contributed by atoms with Crippen molar-refractivity contribution in [1.82, 2.24) is 9.88 Å². The fourth-order valence-corrected chi connectivity index (χ4v) is 4.22. The van der Waals surface area contributed by atoms with Gasteiger partial charge in [0.05, 0.1) is 11.8 Å². The second-order valence-corrected chi connectivity index (χ2v) is 8.03. The van der Waals surface area contributed by atoms with E-state index in [0.29, 0.717) is 35.7 Å². The molecule has 1 spiro atoms. The molecule has 1 saturated carbocycles. The van der Waals surface area contributed by atoms with Crippen molar-refractivity contribution in [3.8, 4) is 6.07 Å². The van der Waals surface area contributed by atoms with Crippen LogP contribution in [0.4, 0.5) is 5.69 Å². The maximum Gasteiger partial charge on any atom is 0.268 e. The van der Waals surface area contributed by atoms with Gasteiger partial charge in [0, 0.05) is 37.4 Å². The molecule has 7 nitrogen and oxygen atoms in total. The molecule has 27 heavy (non-hydrogen) atoms. The number of piperidine rings is 1. The summed E-state index contributed by atoms with van der Waals surface area (Å²) < 4.78 is 0. The van der Waals surface area contributed by atoms with Crippen LogP contribution in [-0.4, -0.2) is 54.0 Å². The van der Waals surface area contributed by atoms with Crippen LogP contribution in [0.15, 0.2) is 15.6 Å². The van der Waals surface area contributed by atoms with Crippen molar-refractivity contribution in [1.29, 1.82) is 5.26 Å². The van der Waals surface area contributed by atoms with Crippen LogP contribution in [0.25, 0.3) is 6.08 Å². The first kappa shape index (κ1) is 17.8. The van der Waals surface area contributed by atoms with Crippen molar-refractivity contribution in [3.05, 3.63) is 33.0 Å². The minimum absolute atomic E-state index is 0.158. The predicted octanol–water partition coefficient (Wildman–Crippen LogP) is 1.61. The Labute approximate surface area is 158 Å². The summed E-state index contributed by atoms with van der Waals surface area (Å²) in [6.45, 7) is 8.24. The largest absolute Gasteiger partial charge is 0.389 e. The number of aliphatic imine (C=N–C) groups is 1. The molecule has 0 radical (unpaired) electrons. The number of rotatable bonds is 4. The first-order valence-corrected chi connectivity index (χ1v) is 9.50. The number of likely N-dealkylation sites (tertiary alicyclic amines) is 1. The van der Waals surface area contributed by atoms with E-state index < -0.39 is 0 Å². The molecule has 0 bridgehead atoms. The molecule has 2 aliphatic heterocycles. The van der Waals surface area contributed by atoms with Gasteiger partial charge in [-0.15, -0.1) is 0 Å². The molecule has 0 unspecified atom stereocenters. The lowest BCUT2D eigenvalue weighted by molar-refractivity contribution is 0.0248. The van der Waals surface area contributed by atoms with Crippen molar-refractivity contribution in [2.24, 2.45) is 10.4 Å². The quantitative estimate of drug-likeness (QED) is 0.788. The zero-order valence-electron chi connectivity index (χ0n) is 15.7. The van der Waals surface area contributed by atoms with E-state index >= 15 is 0 Å². The molecule has 0 amide bonds. The Balaban J connectivity index is 1.77. The summed E-state index contributed by atoms with van der Waals surface area (Å²) in [5, 5.41) is 19.2. The van der Waals surface area contributed by atoms with Gasteiger partial charge in [0.2, 0.25) is 0 Å². The van der Waals surface area contributed by atoms with Gasteiger partial charge in [0.1, 0.15) is 17.5 Å². The molecule has 3 fully saturated rings. The third-order valence-corrected chi connectivity index (χ3v) is 6.25. The van der Waals surface area contributed by atoms with Crippen molar-refractivity contribution in [2.45, 2.75) is 38.7 Å². The van der Waals surface area contributed by atoms with Crippen LogP contribution < -0.4 is 10.5 Å². The van der Waals surface area contributed by atoms with E-state index in [0.717, 1.165) is 31.5 Å². The summed E-state index contributed by atoms with van der Waals surface area (Å²) in [7, 11) is 0. The monoisotopic (exact) mass is 367 g/mol. The summed E-state index contributed by atoms with van der Waals surface area (Å²) in [5.74, 6) is 0.649. The number of aryl methyl sites for hydroxylation is 1. The Hall–Kier alpha value is -2.59. The zero-order chi connectivity index (χ0) is 19.2. The normalized spacial score (nSPS) is 21.7. The average molecular weight is 367 g/mol. The smallest absolute Gasteiger partial charge is 0.268 e. The van der Waals surface area contributed by atoms with Crippen LogP contribution in [0.5, 0.6) is 0 Å². The molecule has 0 atom stereocenters. The van der Waals surface area contributed by atoms with Crippen LogP contribution in [0.2, 0.25) is 0 Å². The third-order valence-electron chi connectivity index (χ3n) is 6.25. The lowest BCUT2D eigenvalue weighted by Gasteiger charge is -2.38. The number of aromatic amines is 1. The van der Waals surface area contributed by atoms with Crippen LogP contribution in [0.3, 0.4) is 0 Å². The van der Waals surface area contributed by atoms with Gasteiger partial charge in [-0.3, -0.25) is 4.79 Å². The van der Waals surface area contributed by atoms with Crippen molar-refractivity contribution in [2.75, 3.05) is 31.1 Å². The summed E-state index contributed by atoms with van der Waals surface area (Å²) in [5.41, 5.74) is 2.55. The number of nitrogens with one attached hydrogen (secondary N) is 1. The molecule has 142 valence electrons. The van der Waals surface area contributed by atoms with Crippen LogP contribution in [0.1, 0.15) is 42.5 Å². The number of pyridine rings is 1. The first-order chi connectivity index (χ1) is 13.0. The van der Waals surface area contributed by atoms with Gasteiger partial charge in [-0.25, -0.2) is 4.99 Å². The van der Waals surface area contributed by atoms with E-state index in [-0.39, 0.29) is 17.2 Å². The number of aliphatic hydroxyl groups is 1. The fourth-order valence-electron chi connectivity index (χ4n) is 4.22. The van der Waals surface area contributed by atoms with Crippen molar-refractivity contribution in [3.63, 3.8) is 0 Å². The lowest BCUT2D eigenvalue weighted by Crippen LogP contribution is -2.49. The Morgan fingerprint density at radius 1 is 1.37 bits per heavy atom. The Morgan fingerprint density at radius 3 is 2.56 bits per heavy atom. The van der Waals surface area contributed by atoms with Gasteiger partial charge >= 0.3 is 0 Å². The van der Waals surface area contributed by atoms with E-state index in [2.05, 4.69) is 27.7 Å². The highest BCUT2D eigenvalue weighted by Crippen LogP contribution is 2.54. The Morgan fingerprint density at radius 2 is 2.04 bits per heavy atom. The highest BCUT2D eigenvalue weighted by Gasteiger charge is 2.45. The lowest BCUT2D eigenvalue weighted by atomic mass is 9.92. The summed E-state index contributed by atoms with van der Waals surface area (Å²) in [4.78, 5) is 23.5. The van der Waals surface area contributed by atoms with E-state index in [1.165, 1.54) is 12.8 Å². The molecule has 4 rings (SSSR count). The SMILES string of the molecule is C=N/C(=C\c1c(C)[nH]c(=O)c(C#N)c1N1CCC2(CC1)CC2)N1CC(O)C1. The van der Waals surface area contributed by atoms with Gasteiger partial charge in [-0.2, -0.15) is 5.26 Å². The minimum Gasteiger partial charge on any atom is -0.389 e. The maximum absolute atomic E-state index is 12.4. The fraction of sp³-hybridized carbons (Fsp3) is 0.550. The second kappa shape index (κ2) is 6.54. The third kappa shape index (κ3) is 3.15. The number of H-pyrrole nitrogens is 1. The molecular formula is C20H25N5O2. The molecule has 3 aliphatic rings. The van der Waals surface area contributed by atoms with E-state index in [1.54, 1.807) is 0 Å². The second-order valence-electron chi connectivity index (χ2n) is 8.03. The molecular weight excluding hydrogens is 342 g/mol. The number of aromatic nitrogens is 1. The van der Waals surface area contributed by atoms with Gasteiger partial charge in [-0.05, 0) is 50.8 Å². The topological polar surface area (TPSA) is 95.7 Å². The maximum atomic E-state index is 12.4. The summed E-state index contributed by atoms with van der Waals surface area (Å²) in [6.07, 6.45) is 6.35. The van der Waals surface area contributed by atoms with Gasteiger partial charge in [0.25, 0.3) is 5.56 Å². The number of anilines is 1. The van der Waals surface area contributed by atoms with Gasteiger partial charge in [0.15, 0.2) is 0 Å². The number of aliphatic hydroxyl groups excluding tert-OH is 1. The van der Waals surface area contributed by atoms with Crippen LogP contribution in [-0.2, 0) is 0 Å². The standard InChI is InChI=1S/C20H25N5O2/c1-13-15(9-17(22-2)25-11-14(26)12-25)18(16(10-21)19(27)23-13)24-7-5-20(3-4-20)6-8-24/h9,14,26H,2-8,11-12H2,1H3,(H,23,27)/b17-9+. The Bertz CT molecular complexity index is 890. The number of nitrogens with zero attached hydrogens (tertiary/aromatic N) is 4. The molecule has 1 aromatic rings. The number of nitriles is 1. The summed E-state index contributed by atoms with van der Waals surface area (Å²) in [6, 6.07) is 2.11. The molecule has 2 N–H and O–H groups in total. The predicted molar refractivity (Wildman–Crippen MR) is 105 cm³/mol. The van der Waals surface area contributed by atoms with Crippen LogP contribution in [0, 0.1) is 23.7 Å². The first-order valence-electron chi connectivity index (χ1n) is 9.50. The van der Waals surface area contributed by atoms with Crippen LogP contribution >= 0.6 is 0 Å². The van der Waals surface area contributed by atoms with Gasteiger partial charge in [-0.1, -0.05) is 0 Å². The molecule has 7 heteroatoms. The van der Waals surface area contributed by atoms with Crippen molar-refractivity contribution >= 4 is 18.5 Å². The Kier molecular flexibility index (Phi) is 4.31. The van der Waals surface area contributed by atoms with E-state index in [1.807, 2.05) is 17.9 Å².